The van der Waals surface area contributed by atoms with E-state index in [1.54, 1.807) is 43.3 Å². The molecule has 6 rings (SSSR count). The zero-order valence-electron chi connectivity index (χ0n) is 20.8. The van der Waals surface area contributed by atoms with Crippen LogP contribution in [0.2, 0.25) is 10.0 Å². The molecule has 0 saturated heterocycles. The summed E-state index contributed by atoms with van der Waals surface area (Å²) < 4.78 is 27.2. The van der Waals surface area contributed by atoms with Crippen LogP contribution in [0.4, 0.5) is 10.3 Å². The van der Waals surface area contributed by atoms with Crippen molar-refractivity contribution in [1.29, 1.82) is 0 Å². The maximum absolute atomic E-state index is 15.4. The number of carbonyl (C=O) groups is 1. The Kier molecular flexibility index (Phi) is 6.71. The molecule has 0 radical (unpaired) electrons. The van der Waals surface area contributed by atoms with Crippen LogP contribution in [0.25, 0.3) is 33.5 Å². The summed E-state index contributed by atoms with van der Waals surface area (Å²) in [5, 5.41) is 7.78. The summed E-state index contributed by atoms with van der Waals surface area (Å²) in [6.07, 6.45) is 1.41. The highest BCUT2D eigenvalue weighted by Crippen LogP contribution is 2.39. The van der Waals surface area contributed by atoms with Gasteiger partial charge < -0.3 is 14.3 Å². The summed E-state index contributed by atoms with van der Waals surface area (Å²) in [6.45, 7) is 1.75. The molecule has 0 atom stereocenters. The molecule has 2 N–H and O–H groups in total. The first kappa shape index (κ1) is 25.6. The Morgan fingerprint density at radius 3 is 2.65 bits per heavy atom. The number of fused-ring (bicyclic) bond motifs is 1. The molecule has 3 heterocycles. The van der Waals surface area contributed by atoms with Gasteiger partial charge in [0.2, 0.25) is 17.7 Å². The number of nitrogens with zero attached hydrogens (tertiary/aromatic N) is 4. The molecule has 0 aliphatic heterocycles. The van der Waals surface area contributed by atoms with Crippen molar-refractivity contribution in [3.05, 3.63) is 106 Å². The van der Waals surface area contributed by atoms with E-state index in [0.717, 1.165) is 0 Å². The van der Waals surface area contributed by atoms with E-state index in [0.29, 0.717) is 55.2 Å². The molecule has 9 nitrogen and oxygen atoms in total. The fourth-order valence-corrected chi connectivity index (χ4v) is 4.86. The fourth-order valence-electron chi connectivity index (χ4n) is 4.28. The Balaban J connectivity index is 1.29. The monoisotopic (exact) mass is 576 g/mol. The van der Waals surface area contributed by atoms with Crippen molar-refractivity contribution in [2.45, 2.75) is 13.5 Å². The van der Waals surface area contributed by atoms with Gasteiger partial charge in [-0.2, -0.15) is 4.98 Å². The summed E-state index contributed by atoms with van der Waals surface area (Å²) in [5.41, 5.74) is 6.00. The molecule has 200 valence electrons. The van der Waals surface area contributed by atoms with E-state index in [-0.39, 0.29) is 18.1 Å². The number of para-hydroxylation sites is 2. The molecule has 0 saturated carbocycles. The van der Waals surface area contributed by atoms with E-state index >= 15 is 4.39 Å². The van der Waals surface area contributed by atoms with Gasteiger partial charge in [-0.3, -0.25) is 10.2 Å². The number of hydrogen-bond donors (Lipinski definition) is 2. The maximum Gasteiger partial charge on any atom is 0.305 e. The van der Waals surface area contributed by atoms with Crippen LogP contribution in [0.15, 0.2) is 81.9 Å². The standard InChI is InChI=1S/C28H19Cl2FN6O3/c1-15-33-26(36-40-15)25-19(12-18(29)13-20(25)30)16-8-9-17(21(31)11-16)14-32-28-34-22-5-2-3-6-23(22)37(28)35-27(38)24-7-4-10-39-24/h2-13H,14H2,1H3,(H,32,34)(H,35,38). The first-order chi connectivity index (χ1) is 19.4. The highest BCUT2D eigenvalue weighted by molar-refractivity contribution is 6.37. The third-order valence-electron chi connectivity index (χ3n) is 6.13. The van der Waals surface area contributed by atoms with Crippen LogP contribution in [-0.2, 0) is 6.54 Å². The van der Waals surface area contributed by atoms with Crippen molar-refractivity contribution >= 4 is 46.1 Å². The molecule has 12 heteroatoms. The van der Waals surface area contributed by atoms with Gasteiger partial charge in [0.15, 0.2) is 5.76 Å². The van der Waals surface area contributed by atoms with Crippen LogP contribution < -0.4 is 10.7 Å². The van der Waals surface area contributed by atoms with Gasteiger partial charge in [-0.05, 0) is 53.6 Å². The van der Waals surface area contributed by atoms with Gasteiger partial charge in [-0.25, -0.2) is 14.1 Å². The molecule has 0 aliphatic carbocycles. The number of furan rings is 1. The molecule has 1 amide bonds. The third-order valence-corrected chi connectivity index (χ3v) is 6.64. The Labute approximate surface area is 236 Å². The Hall–Kier alpha value is -4.67. The minimum Gasteiger partial charge on any atom is -0.459 e. The number of anilines is 1. The summed E-state index contributed by atoms with van der Waals surface area (Å²) in [4.78, 5) is 21.5. The van der Waals surface area contributed by atoms with Crippen LogP contribution in [0, 0.1) is 12.7 Å². The van der Waals surface area contributed by atoms with E-state index < -0.39 is 11.7 Å². The third kappa shape index (κ3) is 4.90. The number of aromatic nitrogens is 4. The molecular formula is C28H19Cl2FN6O3. The molecular weight excluding hydrogens is 558 g/mol. The molecule has 0 spiro atoms. The van der Waals surface area contributed by atoms with Crippen molar-refractivity contribution in [3.8, 4) is 22.5 Å². The smallest absolute Gasteiger partial charge is 0.305 e. The van der Waals surface area contributed by atoms with E-state index in [1.807, 2.05) is 24.3 Å². The largest absolute Gasteiger partial charge is 0.459 e. The average molecular weight is 577 g/mol. The van der Waals surface area contributed by atoms with E-state index in [1.165, 1.54) is 17.0 Å². The fraction of sp³-hybridized carbons (Fsp3) is 0.0714. The van der Waals surface area contributed by atoms with Crippen molar-refractivity contribution in [2.24, 2.45) is 0 Å². The van der Waals surface area contributed by atoms with Crippen LogP contribution in [0.3, 0.4) is 0 Å². The zero-order valence-corrected chi connectivity index (χ0v) is 22.3. The lowest BCUT2D eigenvalue weighted by molar-refractivity contribution is 0.0982. The van der Waals surface area contributed by atoms with Crippen LogP contribution in [-0.4, -0.2) is 25.7 Å². The summed E-state index contributed by atoms with van der Waals surface area (Å²) in [6, 6.07) is 18.5. The number of rotatable bonds is 7. The Morgan fingerprint density at radius 1 is 1.05 bits per heavy atom. The van der Waals surface area contributed by atoms with Crippen LogP contribution in [0.5, 0.6) is 0 Å². The highest BCUT2D eigenvalue weighted by atomic mass is 35.5. The van der Waals surface area contributed by atoms with Crippen molar-refractivity contribution < 1.29 is 18.1 Å². The Bertz CT molecular complexity index is 1870. The molecule has 0 bridgehead atoms. The number of halogens is 3. The average Bonchev–Trinajstić information content (AvgIpc) is 3.69. The first-order valence-electron chi connectivity index (χ1n) is 12.0. The highest BCUT2D eigenvalue weighted by Gasteiger charge is 2.20. The summed E-state index contributed by atoms with van der Waals surface area (Å²) in [7, 11) is 0. The van der Waals surface area contributed by atoms with E-state index in [2.05, 4.69) is 25.9 Å². The zero-order chi connectivity index (χ0) is 27.8. The first-order valence-corrected chi connectivity index (χ1v) is 12.8. The SMILES string of the molecule is Cc1nc(-c2c(Cl)cc(Cl)cc2-c2ccc(CNc3nc4ccccc4n3NC(=O)c3ccco3)c(F)c2)no1. The van der Waals surface area contributed by atoms with Crippen molar-refractivity contribution in [2.75, 3.05) is 10.7 Å². The minimum atomic E-state index is -0.473. The molecule has 0 fully saturated rings. The number of carbonyl (C=O) groups excluding carboxylic acids is 1. The van der Waals surface area contributed by atoms with Crippen molar-refractivity contribution in [1.82, 2.24) is 19.8 Å². The number of aryl methyl sites for hydroxylation is 1. The van der Waals surface area contributed by atoms with Gasteiger partial charge in [-0.15, -0.1) is 0 Å². The van der Waals surface area contributed by atoms with E-state index in [4.69, 9.17) is 32.1 Å². The molecule has 0 unspecified atom stereocenters. The second kappa shape index (κ2) is 10.5. The number of hydrogen-bond acceptors (Lipinski definition) is 7. The van der Waals surface area contributed by atoms with Crippen LogP contribution in [0.1, 0.15) is 22.0 Å². The van der Waals surface area contributed by atoms with Gasteiger partial charge in [0, 0.05) is 29.6 Å². The lowest BCUT2D eigenvalue weighted by Gasteiger charge is -2.13. The number of benzene rings is 3. The molecule has 6 aromatic rings. The predicted molar refractivity (Wildman–Crippen MR) is 149 cm³/mol. The number of nitrogens with one attached hydrogen (secondary N) is 2. The second-order valence-electron chi connectivity index (χ2n) is 8.78. The number of imidazole rings is 1. The van der Waals surface area contributed by atoms with Gasteiger partial charge in [0.1, 0.15) is 5.82 Å². The quantitative estimate of drug-likeness (QED) is 0.208. The molecule has 40 heavy (non-hydrogen) atoms. The molecule has 0 aliphatic rings. The lowest BCUT2D eigenvalue weighted by atomic mass is 9.97. The normalized spacial score (nSPS) is 11.2. The second-order valence-corrected chi connectivity index (χ2v) is 9.63. The van der Waals surface area contributed by atoms with Gasteiger partial charge in [0.25, 0.3) is 0 Å². The molecule has 3 aromatic carbocycles. The number of amides is 1. The summed E-state index contributed by atoms with van der Waals surface area (Å²) in [5.74, 6) is 0.169. The Morgan fingerprint density at radius 2 is 1.90 bits per heavy atom. The van der Waals surface area contributed by atoms with Gasteiger partial charge in [-0.1, -0.05) is 52.6 Å². The molecule has 3 aromatic heterocycles. The van der Waals surface area contributed by atoms with Gasteiger partial charge >= 0.3 is 5.91 Å². The van der Waals surface area contributed by atoms with E-state index in [9.17, 15) is 4.79 Å². The van der Waals surface area contributed by atoms with Gasteiger partial charge in [0.05, 0.1) is 22.3 Å². The van der Waals surface area contributed by atoms with Crippen LogP contribution >= 0.6 is 23.2 Å². The van der Waals surface area contributed by atoms with Crippen molar-refractivity contribution in [3.63, 3.8) is 0 Å². The minimum absolute atomic E-state index is 0.0826. The summed E-state index contributed by atoms with van der Waals surface area (Å²) >= 11 is 12.8. The maximum atomic E-state index is 15.4. The lowest BCUT2D eigenvalue weighted by Crippen LogP contribution is -2.24. The predicted octanol–water partition coefficient (Wildman–Crippen LogP) is 7.10. The topological polar surface area (TPSA) is 111 Å².